The van der Waals surface area contributed by atoms with E-state index < -0.39 is 5.97 Å². The Morgan fingerprint density at radius 1 is 0.861 bits per heavy atom. The van der Waals surface area contributed by atoms with Gasteiger partial charge < -0.3 is 14.6 Å². The predicted molar refractivity (Wildman–Crippen MR) is 144 cm³/mol. The summed E-state index contributed by atoms with van der Waals surface area (Å²) < 4.78 is 2.31. The maximum Gasteiger partial charge on any atom is 0.346 e. The van der Waals surface area contributed by atoms with Gasteiger partial charge in [-0.2, -0.15) is 5.26 Å². The van der Waals surface area contributed by atoms with Crippen molar-refractivity contribution in [2.75, 3.05) is 11.4 Å². The highest BCUT2D eigenvalue weighted by atomic mass is 16.4. The highest BCUT2D eigenvalue weighted by Gasteiger charge is 2.19. The number of nitrogens with zero attached hydrogens (tertiary/aromatic N) is 3. The van der Waals surface area contributed by atoms with Crippen LogP contribution in [0, 0.1) is 11.3 Å². The van der Waals surface area contributed by atoms with Crippen molar-refractivity contribution < 1.29 is 9.90 Å². The lowest BCUT2D eigenvalue weighted by Gasteiger charge is -2.32. The van der Waals surface area contributed by atoms with Gasteiger partial charge in [0, 0.05) is 34.4 Å². The van der Waals surface area contributed by atoms with Gasteiger partial charge in [0.25, 0.3) is 0 Å². The number of hydrogen-bond donors (Lipinski definition) is 1. The topological polar surface area (TPSA) is 69.3 Å². The van der Waals surface area contributed by atoms with Crippen LogP contribution in [-0.2, 0) is 11.2 Å². The van der Waals surface area contributed by atoms with Crippen LogP contribution in [0.2, 0.25) is 0 Å². The van der Waals surface area contributed by atoms with Gasteiger partial charge in [0.2, 0.25) is 0 Å². The molecule has 0 radical (unpaired) electrons. The number of nitriles is 1. The van der Waals surface area contributed by atoms with E-state index in [1.807, 2.05) is 18.2 Å². The molecule has 1 aromatic heterocycles. The molecule has 0 spiro atoms. The van der Waals surface area contributed by atoms with E-state index in [0.29, 0.717) is 0 Å². The van der Waals surface area contributed by atoms with Crippen molar-refractivity contribution in [3.8, 4) is 11.8 Å². The van der Waals surface area contributed by atoms with Crippen molar-refractivity contribution in [1.29, 1.82) is 5.26 Å². The number of para-hydroxylation sites is 2. The smallest absolute Gasteiger partial charge is 0.346 e. The predicted octanol–water partition coefficient (Wildman–Crippen LogP) is 6.86. The largest absolute Gasteiger partial charge is 0.477 e. The van der Waals surface area contributed by atoms with E-state index in [1.54, 1.807) is 6.07 Å². The number of aliphatic carboxylic acids is 1. The molecule has 2 heterocycles. The summed E-state index contributed by atoms with van der Waals surface area (Å²) in [6, 6.07) is 33.3. The Labute approximate surface area is 208 Å². The zero-order valence-electron chi connectivity index (χ0n) is 19.6. The summed E-state index contributed by atoms with van der Waals surface area (Å²) in [5.74, 6) is -1.21. The first kappa shape index (κ1) is 21.7. The lowest BCUT2D eigenvalue weighted by molar-refractivity contribution is -0.132. The SMILES string of the molecule is N#C/C(=C\c1ccc2c(c1)CCCN2c1ccc(-n2c3ccccc3c3ccccc32)cc1)C(=O)O. The molecule has 174 valence electrons. The number of aromatic nitrogens is 1. The van der Waals surface area contributed by atoms with Crippen LogP contribution in [-0.4, -0.2) is 22.2 Å². The van der Waals surface area contributed by atoms with E-state index in [9.17, 15) is 9.90 Å². The Morgan fingerprint density at radius 2 is 1.50 bits per heavy atom. The maximum atomic E-state index is 11.2. The van der Waals surface area contributed by atoms with Crippen LogP contribution < -0.4 is 4.90 Å². The lowest BCUT2D eigenvalue weighted by Crippen LogP contribution is -2.24. The molecule has 0 bridgehead atoms. The fourth-order valence-corrected chi connectivity index (χ4v) is 5.27. The summed E-state index contributed by atoms with van der Waals surface area (Å²) in [6.45, 7) is 0.912. The molecule has 0 atom stereocenters. The number of fused-ring (bicyclic) bond motifs is 4. The summed E-state index contributed by atoms with van der Waals surface area (Å²) in [6.07, 6.45) is 3.35. The highest BCUT2D eigenvalue weighted by Crippen LogP contribution is 2.36. The molecule has 5 heteroatoms. The van der Waals surface area contributed by atoms with Gasteiger partial charge in [-0.25, -0.2) is 4.79 Å². The molecular formula is C31H23N3O2. The van der Waals surface area contributed by atoms with Gasteiger partial charge in [-0.15, -0.1) is 0 Å². The molecule has 1 N–H and O–H groups in total. The van der Waals surface area contributed by atoms with Gasteiger partial charge in [-0.3, -0.25) is 0 Å². The molecule has 5 nitrogen and oxygen atoms in total. The van der Waals surface area contributed by atoms with Gasteiger partial charge >= 0.3 is 5.97 Å². The Balaban J connectivity index is 1.37. The molecule has 0 unspecified atom stereocenters. The van der Waals surface area contributed by atoms with Gasteiger partial charge in [-0.05, 0) is 78.6 Å². The number of aryl methyl sites for hydroxylation is 1. The molecule has 5 aromatic rings. The minimum Gasteiger partial charge on any atom is -0.477 e. The number of benzene rings is 4. The summed E-state index contributed by atoms with van der Waals surface area (Å²) in [4.78, 5) is 13.5. The minimum atomic E-state index is -1.21. The van der Waals surface area contributed by atoms with Crippen LogP contribution in [0.15, 0.2) is 96.6 Å². The fourth-order valence-electron chi connectivity index (χ4n) is 5.27. The molecule has 0 aliphatic carbocycles. The van der Waals surface area contributed by atoms with Crippen molar-refractivity contribution in [3.63, 3.8) is 0 Å². The molecular weight excluding hydrogens is 446 g/mol. The summed E-state index contributed by atoms with van der Waals surface area (Å²) in [5, 5.41) is 20.7. The quantitative estimate of drug-likeness (QED) is 0.231. The monoisotopic (exact) mass is 469 g/mol. The van der Waals surface area contributed by atoms with Crippen LogP contribution >= 0.6 is 0 Å². The van der Waals surface area contributed by atoms with Crippen LogP contribution in [0.5, 0.6) is 0 Å². The van der Waals surface area contributed by atoms with Gasteiger partial charge in [0.05, 0.1) is 11.0 Å². The van der Waals surface area contributed by atoms with E-state index in [2.05, 4.69) is 82.3 Å². The molecule has 0 saturated carbocycles. The molecule has 6 rings (SSSR count). The normalized spacial score (nSPS) is 13.5. The molecule has 1 aliphatic rings. The second-order valence-electron chi connectivity index (χ2n) is 9.00. The molecule has 0 saturated heterocycles. The Morgan fingerprint density at radius 3 is 2.14 bits per heavy atom. The minimum absolute atomic E-state index is 0.261. The summed E-state index contributed by atoms with van der Waals surface area (Å²) >= 11 is 0. The van der Waals surface area contributed by atoms with Crippen molar-refractivity contribution in [2.24, 2.45) is 0 Å². The van der Waals surface area contributed by atoms with Crippen molar-refractivity contribution in [1.82, 2.24) is 4.57 Å². The van der Waals surface area contributed by atoms with Crippen LogP contribution in [0.3, 0.4) is 0 Å². The second kappa shape index (κ2) is 8.75. The molecule has 4 aromatic carbocycles. The van der Waals surface area contributed by atoms with Crippen LogP contribution in [0.1, 0.15) is 17.5 Å². The zero-order valence-corrected chi connectivity index (χ0v) is 19.6. The third-order valence-corrected chi connectivity index (χ3v) is 6.88. The molecule has 0 amide bonds. The fraction of sp³-hybridized carbons (Fsp3) is 0.0968. The average Bonchev–Trinajstić information content (AvgIpc) is 3.25. The third kappa shape index (κ3) is 3.60. The van der Waals surface area contributed by atoms with Crippen LogP contribution in [0.4, 0.5) is 11.4 Å². The number of anilines is 2. The van der Waals surface area contributed by atoms with E-state index in [4.69, 9.17) is 5.26 Å². The average molecular weight is 470 g/mol. The molecule has 0 fully saturated rings. The number of carboxylic acids is 1. The highest BCUT2D eigenvalue weighted by molar-refractivity contribution is 6.09. The number of rotatable bonds is 4. The third-order valence-electron chi connectivity index (χ3n) is 6.88. The molecule has 1 aliphatic heterocycles. The zero-order chi connectivity index (χ0) is 24.6. The Kier molecular flexibility index (Phi) is 5.28. The first-order valence-electron chi connectivity index (χ1n) is 12.0. The van der Waals surface area contributed by atoms with E-state index in [0.717, 1.165) is 47.6 Å². The van der Waals surface area contributed by atoms with Gasteiger partial charge in [-0.1, -0.05) is 42.5 Å². The number of carbonyl (C=O) groups is 1. The molecule has 36 heavy (non-hydrogen) atoms. The maximum absolute atomic E-state index is 11.2. The van der Waals surface area contributed by atoms with Crippen molar-refractivity contribution >= 4 is 45.2 Å². The second-order valence-corrected chi connectivity index (χ2v) is 9.00. The van der Waals surface area contributed by atoms with Crippen LogP contribution in [0.25, 0.3) is 33.6 Å². The summed E-state index contributed by atoms with van der Waals surface area (Å²) in [5.41, 5.74) is 7.36. The first-order chi connectivity index (χ1) is 17.6. The van der Waals surface area contributed by atoms with Gasteiger partial charge in [0.1, 0.15) is 11.6 Å². The van der Waals surface area contributed by atoms with E-state index >= 15 is 0 Å². The lowest BCUT2D eigenvalue weighted by atomic mass is 9.97. The standard InChI is InChI=1S/C31H23N3O2/c32-20-23(31(35)36)19-21-11-16-28-22(18-21)6-5-17-33(28)24-12-14-25(15-13-24)34-29-9-3-1-7-26(29)27-8-2-4-10-30(27)34/h1-4,7-16,18-19H,5-6,17H2,(H,35,36)/b23-19+. The first-order valence-corrected chi connectivity index (χ1v) is 12.0. The number of hydrogen-bond acceptors (Lipinski definition) is 3. The van der Waals surface area contributed by atoms with Crippen molar-refractivity contribution in [2.45, 2.75) is 12.8 Å². The summed E-state index contributed by atoms with van der Waals surface area (Å²) in [7, 11) is 0. The van der Waals surface area contributed by atoms with Crippen molar-refractivity contribution in [3.05, 3.63) is 108 Å². The van der Waals surface area contributed by atoms with E-state index in [-0.39, 0.29) is 5.57 Å². The Hall–Kier alpha value is -4.82. The Bertz CT molecular complexity index is 1650. The van der Waals surface area contributed by atoms with Gasteiger partial charge in [0.15, 0.2) is 0 Å². The number of carboxylic acid groups (broad SMARTS) is 1. The van der Waals surface area contributed by atoms with E-state index in [1.165, 1.54) is 27.9 Å².